The van der Waals surface area contributed by atoms with Crippen molar-refractivity contribution in [3.05, 3.63) is 65.5 Å². The number of likely N-dealkylation sites (N-methyl/N-ethyl adjacent to an activating group) is 1. The number of benzene rings is 2. The van der Waals surface area contributed by atoms with E-state index < -0.39 is 18.1 Å². The van der Waals surface area contributed by atoms with E-state index in [9.17, 15) is 23.9 Å². The van der Waals surface area contributed by atoms with Gasteiger partial charge in [0.15, 0.2) is 6.04 Å². The zero-order valence-electron chi connectivity index (χ0n) is 18.0. The van der Waals surface area contributed by atoms with Gasteiger partial charge in [-0.2, -0.15) is 0 Å². The Bertz CT molecular complexity index is 902. The average Bonchev–Trinajstić information content (AvgIpc) is 2.77. The van der Waals surface area contributed by atoms with Gasteiger partial charge in [-0.15, -0.1) is 0 Å². The Balaban J connectivity index is 1.83. The van der Waals surface area contributed by atoms with Crippen molar-refractivity contribution in [2.45, 2.75) is 32.4 Å². The van der Waals surface area contributed by atoms with Gasteiger partial charge < -0.3 is 19.9 Å². The van der Waals surface area contributed by atoms with Gasteiger partial charge in [0.2, 0.25) is 5.91 Å². The summed E-state index contributed by atoms with van der Waals surface area (Å²) in [7, 11) is 1.34. The topological polar surface area (TPSA) is 105 Å². The zero-order valence-corrected chi connectivity index (χ0v) is 18.0. The maximum atomic E-state index is 12.9. The van der Waals surface area contributed by atoms with Crippen LogP contribution in [0.15, 0.2) is 48.5 Å². The fraction of sp³-hybridized carbons (Fsp3) is 0.348. The number of hydrogen-bond donors (Lipinski definition) is 2. The van der Waals surface area contributed by atoms with Gasteiger partial charge >= 0.3 is 12.1 Å². The number of anilines is 1. The van der Waals surface area contributed by atoms with Gasteiger partial charge in [-0.3, -0.25) is 9.69 Å². The highest BCUT2D eigenvalue weighted by Crippen LogP contribution is 2.13. The molecule has 0 saturated heterocycles. The number of hydrogen-bond acceptors (Lipinski definition) is 5. The molecule has 0 fully saturated rings. The molecule has 0 heterocycles. The summed E-state index contributed by atoms with van der Waals surface area (Å²) in [5, 5.41) is 12.0. The summed E-state index contributed by atoms with van der Waals surface area (Å²) in [4.78, 5) is 36.7. The van der Waals surface area contributed by atoms with Crippen molar-refractivity contribution in [2.75, 3.05) is 25.6 Å². The number of carbonyl (C=O) groups is 3. The monoisotopic (exact) mass is 446 g/mol. The summed E-state index contributed by atoms with van der Waals surface area (Å²) in [6.07, 6.45) is 0.0659. The lowest BCUT2D eigenvalue weighted by molar-refractivity contribution is -0.144. The first-order chi connectivity index (χ1) is 15.3. The van der Waals surface area contributed by atoms with E-state index in [-0.39, 0.29) is 31.4 Å². The number of rotatable bonds is 11. The predicted molar refractivity (Wildman–Crippen MR) is 116 cm³/mol. The van der Waals surface area contributed by atoms with E-state index in [4.69, 9.17) is 9.47 Å². The second-order valence-electron chi connectivity index (χ2n) is 7.14. The number of carboxylic acid groups (broad SMARTS) is 1. The number of nitrogens with one attached hydrogen (secondary N) is 1. The number of carboxylic acids is 1. The summed E-state index contributed by atoms with van der Waals surface area (Å²) >= 11 is 0. The van der Waals surface area contributed by atoms with Crippen molar-refractivity contribution < 1.29 is 33.4 Å². The summed E-state index contributed by atoms with van der Waals surface area (Å²) in [5.41, 5.74) is 1.91. The van der Waals surface area contributed by atoms with Crippen molar-refractivity contribution >= 4 is 23.7 Å². The third-order valence-electron chi connectivity index (χ3n) is 4.54. The first kappa shape index (κ1) is 24.8. The quantitative estimate of drug-likeness (QED) is 0.512. The predicted octanol–water partition coefficient (Wildman–Crippen LogP) is 3.46. The first-order valence-electron chi connectivity index (χ1n) is 10.1. The van der Waals surface area contributed by atoms with Crippen LogP contribution in [0.3, 0.4) is 0 Å². The molecule has 0 aliphatic rings. The van der Waals surface area contributed by atoms with Gasteiger partial charge in [0.1, 0.15) is 12.4 Å². The Morgan fingerprint density at radius 2 is 1.69 bits per heavy atom. The number of halogens is 1. The molecule has 0 bridgehead atoms. The second kappa shape index (κ2) is 12.4. The van der Waals surface area contributed by atoms with E-state index in [0.717, 1.165) is 11.3 Å². The number of aliphatic carboxylic acids is 1. The molecule has 2 N–H and O–H groups in total. The van der Waals surface area contributed by atoms with Gasteiger partial charge in [0.05, 0.1) is 13.0 Å². The highest BCUT2D eigenvalue weighted by Gasteiger charge is 2.27. The standard InChI is InChI=1S/C23H27FN2O6/c1-3-12-31-15-20(22(28)29)26(2)23(30)32-14-17-6-10-19(11-7-17)25-21(27)13-16-4-8-18(24)9-5-16/h4-11,20H,3,12-15H2,1-2H3,(H,25,27)(H,28,29). The molecule has 172 valence electrons. The summed E-state index contributed by atoms with van der Waals surface area (Å²) in [6.45, 7) is 2.12. The number of amides is 2. The van der Waals surface area contributed by atoms with E-state index in [1.807, 2.05) is 6.92 Å². The smallest absolute Gasteiger partial charge is 0.410 e. The molecule has 2 aromatic rings. The zero-order chi connectivity index (χ0) is 23.5. The molecule has 0 radical (unpaired) electrons. The molecule has 9 heteroatoms. The van der Waals surface area contributed by atoms with Gasteiger partial charge in [-0.05, 0) is 41.8 Å². The lowest BCUT2D eigenvalue weighted by Crippen LogP contribution is -2.45. The van der Waals surface area contributed by atoms with E-state index in [1.54, 1.807) is 36.4 Å². The van der Waals surface area contributed by atoms with Crippen molar-refractivity contribution in [1.29, 1.82) is 0 Å². The molecule has 2 amide bonds. The van der Waals surface area contributed by atoms with Crippen LogP contribution in [0, 0.1) is 5.82 Å². The molecule has 0 aliphatic heterocycles. The Labute approximate surface area is 185 Å². The second-order valence-corrected chi connectivity index (χ2v) is 7.14. The van der Waals surface area contributed by atoms with Crippen LogP contribution in [-0.4, -0.2) is 54.3 Å². The van der Waals surface area contributed by atoms with E-state index in [0.29, 0.717) is 23.4 Å². The minimum Gasteiger partial charge on any atom is -0.480 e. The van der Waals surface area contributed by atoms with Crippen LogP contribution in [0.4, 0.5) is 14.9 Å². The lowest BCUT2D eigenvalue weighted by Gasteiger charge is -2.24. The Hall–Kier alpha value is -3.46. The Morgan fingerprint density at radius 1 is 1.06 bits per heavy atom. The molecule has 1 unspecified atom stereocenters. The Kier molecular flexibility index (Phi) is 9.62. The van der Waals surface area contributed by atoms with Crippen LogP contribution in [0.2, 0.25) is 0 Å². The van der Waals surface area contributed by atoms with E-state index in [2.05, 4.69) is 5.32 Å². The lowest BCUT2D eigenvalue weighted by atomic mass is 10.1. The minimum atomic E-state index is -1.18. The molecule has 2 aromatic carbocycles. The molecule has 8 nitrogen and oxygen atoms in total. The van der Waals surface area contributed by atoms with Crippen LogP contribution in [0.25, 0.3) is 0 Å². The van der Waals surface area contributed by atoms with Crippen molar-refractivity contribution in [1.82, 2.24) is 4.90 Å². The molecule has 0 saturated carbocycles. The number of ether oxygens (including phenoxy) is 2. The minimum absolute atomic E-state index is 0.0604. The largest absolute Gasteiger partial charge is 0.480 e. The van der Waals surface area contributed by atoms with E-state index in [1.165, 1.54) is 19.2 Å². The summed E-state index contributed by atoms with van der Waals surface area (Å²) < 4.78 is 23.4. The maximum absolute atomic E-state index is 12.9. The SMILES string of the molecule is CCCOCC(C(=O)O)N(C)C(=O)OCc1ccc(NC(=O)Cc2ccc(F)cc2)cc1. The first-order valence-corrected chi connectivity index (χ1v) is 10.1. The highest BCUT2D eigenvalue weighted by molar-refractivity contribution is 5.92. The third-order valence-corrected chi connectivity index (χ3v) is 4.54. The van der Waals surface area contributed by atoms with E-state index >= 15 is 0 Å². The van der Waals surface area contributed by atoms with Crippen LogP contribution >= 0.6 is 0 Å². The molecular formula is C23H27FN2O6. The summed E-state index contributed by atoms with van der Waals surface area (Å²) in [5.74, 6) is -1.79. The molecule has 0 aliphatic carbocycles. The molecule has 32 heavy (non-hydrogen) atoms. The van der Waals surface area contributed by atoms with Gasteiger partial charge in [-0.25, -0.2) is 14.0 Å². The van der Waals surface area contributed by atoms with Gasteiger partial charge in [0.25, 0.3) is 0 Å². The molecule has 1 atom stereocenters. The van der Waals surface area contributed by atoms with Crippen molar-refractivity contribution in [3.63, 3.8) is 0 Å². The third kappa shape index (κ3) is 7.99. The van der Waals surface area contributed by atoms with Gasteiger partial charge in [-0.1, -0.05) is 31.2 Å². The molecular weight excluding hydrogens is 419 g/mol. The Morgan fingerprint density at radius 3 is 2.28 bits per heavy atom. The van der Waals surface area contributed by atoms with Crippen LogP contribution in [0.5, 0.6) is 0 Å². The summed E-state index contributed by atoms with van der Waals surface area (Å²) in [6, 6.07) is 11.2. The van der Waals surface area contributed by atoms with Crippen molar-refractivity contribution in [3.8, 4) is 0 Å². The molecule has 2 rings (SSSR count). The van der Waals surface area contributed by atoms with Crippen LogP contribution in [-0.2, 0) is 32.1 Å². The van der Waals surface area contributed by atoms with Crippen LogP contribution in [0.1, 0.15) is 24.5 Å². The molecule has 0 spiro atoms. The normalized spacial score (nSPS) is 11.5. The maximum Gasteiger partial charge on any atom is 0.410 e. The van der Waals surface area contributed by atoms with Gasteiger partial charge in [0, 0.05) is 19.3 Å². The highest BCUT2D eigenvalue weighted by atomic mass is 19.1. The number of carbonyl (C=O) groups excluding carboxylic acids is 2. The fourth-order valence-corrected chi connectivity index (χ4v) is 2.74. The molecule has 0 aromatic heterocycles. The average molecular weight is 446 g/mol. The van der Waals surface area contributed by atoms with Crippen molar-refractivity contribution in [2.24, 2.45) is 0 Å². The fourth-order valence-electron chi connectivity index (χ4n) is 2.74. The number of nitrogens with zero attached hydrogens (tertiary/aromatic N) is 1. The van der Waals surface area contributed by atoms with Crippen LogP contribution < -0.4 is 5.32 Å².